The number of ether oxygens (including phenoxy) is 5. The van der Waals surface area contributed by atoms with Gasteiger partial charge in [0.15, 0.2) is 0 Å². The fraction of sp³-hybridized carbons (Fsp3) is 0.875. The maximum Gasteiger partial charge on any atom is 0.407 e. The van der Waals surface area contributed by atoms with E-state index in [4.69, 9.17) is 23.7 Å². The minimum atomic E-state index is -0.470. The van der Waals surface area contributed by atoms with Crippen LogP contribution in [-0.2, 0) is 23.7 Å². The van der Waals surface area contributed by atoms with Crippen molar-refractivity contribution in [1.82, 2.24) is 5.32 Å². The SMILES string of the molecule is CO[C@@H]1[C@H](OC(=O)NCC(C)(C)OC(C)C)CCC2(CO2)[C@H]1[C@@]1(C)O[C@@H]1CC=C(C)C. The van der Waals surface area contributed by atoms with Gasteiger partial charge in [0.1, 0.15) is 23.4 Å². The number of alkyl carbamates (subject to hydrolysis) is 1. The number of carbonyl (C=O) groups is 1. The first kappa shape index (κ1) is 24.5. The van der Waals surface area contributed by atoms with Crippen LogP contribution in [0.25, 0.3) is 0 Å². The van der Waals surface area contributed by atoms with E-state index in [0.717, 1.165) is 12.8 Å². The van der Waals surface area contributed by atoms with Crippen LogP contribution >= 0.6 is 0 Å². The van der Waals surface area contributed by atoms with E-state index >= 15 is 0 Å². The van der Waals surface area contributed by atoms with Crippen molar-refractivity contribution in [2.45, 2.75) is 109 Å². The Labute approximate surface area is 187 Å². The van der Waals surface area contributed by atoms with Crippen molar-refractivity contribution in [3.05, 3.63) is 11.6 Å². The summed E-state index contributed by atoms with van der Waals surface area (Å²) in [6.07, 6.45) is 3.79. The van der Waals surface area contributed by atoms with Crippen molar-refractivity contribution >= 4 is 6.09 Å². The largest absolute Gasteiger partial charge is 0.443 e. The van der Waals surface area contributed by atoms with Crippen LogP contribution in [0.15, 0.2) is 11.6 Å². The molecule has 1 unspecified atom stereocenters. The van der Waals surface area contributed by atoms with Gasteiger partial charge in [-0.25, -0.2) is 4.79 Å². The van der Waals surface area contributed by atoms with Crippen molar-refractivity contribution in [3.8, 4) is 0 Å². The number of hydrogen-bond acceptors (Lipinski definition) is 6. The molecule has 2 heterocycles. The topological polar surface area (TPSA) is 81.9 Å². The molecule has 7 nitrogen and oxygen atoms in total. The second kappa shape index (κ2) is 9.00. The molecule has 1 N–H and O–H groups in total. The number of rotatable bonds is 9. The van der Waals surface area contributed by atoms with Gasteiger partial charge in [-0.1, -0.05) is 11.6 Å². The molecular formula is C24H41NO6. The molecule has 3 rings (SSSR count). The number of hydrogen-bond donors (Lipinski definition) is 1. The summed E-state index contributed by atoms with van der Waals surface area (Å²) in [5.74, 6) is 0.0211. The zero-order valence-corrected chi connectivity index (χ0v) is 20.4. The summed E-state index contributed by atoms with van der Waals surface area (Å²) in [6, 6.07) is 0. The van der Waals surface area contributed by atoms with Crippen molar-refractivity contribution in [2.75, 3.05) is 20.3 Å². The predicted octanol–water partition coefficient (Wildman–Crippen LogP) is 3.99. The van der Waals surface area contributed by atoms with Crippen molar-refractivity contribution < 1.29 is 28.5 Å². The molecule has 1 spiro atoms. The second-order valence-corrected chi connectivity index (χ2v) is 10.6. The van der Waals surface area contributed by atoms with Crippen LogP contribution in [0.2, 0.25) is 0 Å². The lowest BCUT2D eigenvalue weighted by Crippen LogP contribution is -2.56. The van der Waals surface area contributed by atoms with Gasteiger partial charge in [-0.2, -0.15) is 0 Å². The molecule has 0 aromatic rings. The van der Waals surface area contributed by atoms with Crippen molar-refractivity contribution in [2.24, 2.45) is 5.92 Å². The standard InChI is InChI=1S/C24H41NO6/c1-15(2)9-10-18-23(7,31-18)20-19(27-8)17(11-12-24(20)14-28-24)29-21(26)25-13-22(5,6)30-16(3)4/h9,16-20H,10-14H2,1-8H3,(H,25,26)/t17-,18-,19-,20-,23+,24?/m1/s1. The summed E-state index contributed by atoms with van der Waals surface area (Å²) in [6.45, 7) is 15.3. The molecule has 0 bridgehead atoms. The van der Waals surface area contributed by atoms with Gasteiger partial charge in [0.2, 0.25) is 0 Å². The quantitative estimate of drug-likeness (QED) is 0.432. The molecule has 0 aromatic heterocycles. The van der Waals surface area contributed by atoms with Gasteiger partial charge in [0, 0.05) is 13.7 Å². The molecule has 1 saturated carbocycles. The van der Waals surface area contributed by atoms with Crippen LogP contribution in [-0.4, -0.2) is 67.6 Å². The lowest BCUT2D eigenvalue weighted by atomic mass is 9.68. The number of amides is 1. The lowest BCUT2D eigenvalue weighted by Gasteiger charge is -2.42. The molecule has 178 valence electrons. The van der Waals surface area contributed by atoms with E-state index < -0.39 is 11.7 Å². The van der Waals surface area contributed by atoms with Crippen LogP contribution in [0.4, 0.5) is 4.79 Å². The van der Waals surface area contributed by atoms with Gasteiger partial charge < -0.3 is 29.0 Å². The van der Waals surface area contributed by atoms with Gasteiger partial charge in [-0.3, -0.25) is 0 Å². The molecule has 3 aliphatic rings. The second-order valence-electron chi connectivity index (χ2n) is 10.6. The van der Waals surface area contributed by atoms with E-state index in [1.54, 1.807) is 7.11 Å². The smallest absolute Gasteiger partial charge is 0.407 e. The Balaban J connectivity index is 1.64. The zero-order valence-electron chi connectivity index (χ0n) is 20.4. The Morgan fingerprint density at radius 2 is 2.00 bits per heavy atom. The lowest BCUT2D eigenvalue weighted by molar-refractivity contribution is -0.118. The third kappa shape index (κ3) is 5.62. The van der Waals surface area contributed by atoms with E-state index in [2.05, 4.69) is 32.2 Å². The maximum atomic E-state index is 12.6. The molecule has 1 aliphatic carbocycles. The summed E-state index contributed by atoms with van der Waals surface area (Å²) in [5, 5.41) is 2.86. The first-order valence-corrected chi connectivity index (χ1v) is 11.5. The Morgan fingerprint density at radius 1 is 1.32 bits per heavy atom. The van der Waals surface area contributed by atoms with Crippen LogP contribution in [0.3, 0.4) is 0 Å². The van der Waals surface area contributed by atoms with E-state index in [0.29, 0.717) is 19.6 Å². The van der Waals surface area contributed by atoms with E-state index in [1.807, 2.05) is 27.7 Å². The highest BCUT2D eigenvalue weighted by molar-refractivity contribution is 5.67. The third-order valence-electron chi connectivity index (χ3n) is 6.71. The van der Waals surface area contributed by atoms with E-state index in [1.165, 1.54) is 5.57 Å². The maximum absolute atomic E-state index is 12.6. The summed E-state index contributed by atoms with van der Waals surface area (Å²) >= 11 is 0. The van der Waals surface area contributed by atoms with Crippen LogP contribution in [0, 0.1) is 5.92 Å². The van der Waals surface area contributed by atoms with Gasteiger partial charge in [-0.15, -0.1) is 0 Å². The Morgan fingerprint density at radius 3 is 2.55 bits per heavy atom. The minimum absolute atomic E-state index is 0.0211. The number of allylic oxidation sites excluding steroid dienone is 1. The first-order valence-electron chi connectivity index (χ1n) is 11.5. The molecule has 0 radical (unpaired) electrons. The molecule has 2 aliphatic heterocycles. The van der Waals surface area contributed by atoms with Crippen LogP contribution in [0.1, 0.15) is 67.7 Å². The highest BCUT2D eigenvalue weighted by Gasteiger charge is 2.72. The molecule has 2 saturated heterocycles. The third-order valence-corrected chi connectivity index (χ3v) is 6.71. The Hall–Kier alpha value is -1.15. The van der Waals surface area contributed by atoms with Gasteiger partial charge in [0.25, 0.3) is 0 Å². The monoisotopic (exact) mass is 439 g/mol. The number of methoxy groups -OCH3 is 1. The zero-order chi connectivity index (χ0) is 23.0. The number of nitrogens with one attached hydrogen (secondary N) is 1. The van der Waals surface area contributed by atoms with Gasteiger partial charge in [0.05, 0.1) is 30.3 Å². The molecule has 7 heteroatoms. The normalized spacial score (nSPS) is 36.9. The summed E-state index contributed by atoms with van der Waals surface area (Å²) in [4.78, 5) is 12.6. The minimum Gasteiger partial charge on any atom is -0.443 e. The highest BCUT2D eigenvalue weighted by atomic mass is 16.6. The van der Waals surface area contributed by atoms with Crippen LogP contribution in [0.5, 0.6) is 0 Å². The molecule has 1 amide bonds. The molecular weight excluding hydrogens is 398 g/mol. The van der Waals surface area contributed by atoms with Crippen molar-refractivity contribution in [1.29, 1.82) is 0 Å². The van der Waals surface area contributed by atoms with Crippen LogP contribution < -0.4 is 5.32 Å². The molecule has 0 aromatic carbocycles. The number of carbonyl (C=O) groups excluding carboxylic acids is 1. The summed E-state index contributed by atoms with van der Waals surface area (Å²) < 4.78 is 29.8. The van der Waals surface area contributed by atoms with E-state index in [9.17, 15) is 4.79 Å². The number of epoxide rings is 2. The van der Waals surface area contributed by atoms with Gasteiger partial charge >= 0.3 is 6.09 Å². The highest BCUT2D eigenvalue weighted by Crippen LogP contribution is 2.59. The Bertz CT molecular complexity index is 682. The average Bonchev–Trinajstić information content (AvgIpc) is 3.56. The van der Waals surface area contributed by atoms with E-state index in [-0.39, 0.29) is 41.5 Å². The summed E-state index contributed by atoms with van der Waals surface area (Å²) in [7, 11) is 1.68. The molecule has 3 fully saturated rings. The fourth-order valence-electron chi connectivity index (χ4n) is 5.21. The van der Waals surface area contributed by atoms with Gasteiger partial charge in [-0.05, 0) is 67.7 Å². The first-order chi connectivity index (χ1) is 14.4. The molecule has 31 heavy (non-hydrogen) atoms. The van der Waals surface area contributed by atoms with Crippen molar-refractivity contribution in [3.63, 3.8) is 0 Å². The average molecular weight is 440 g/mol. The summed E-state index contributed by atoms with van der Waals surface area (Å²) in [5.41, 5.74) is 0.250. The predicted molar refractivity (Wildman–Crippen MR) is 118 cm³/mol. The Kier molecular flexibility index (Phi) is 7.11. The molecule has 6 atom stereocenters. The fourth-order valence-corrected chi connectivity index (χ4v) is 5.21.